The van der Waals surface area contributed by atoms with E-state index in [9.17, 15) is 8.78 Å². The van der Waals surface area contributed by atoms with Crippen molar-refractivity contribution in [3.05, 3.63) is 76.9 Å². The van der Waals surface area contributed by atoms with Crippen LogP contribution < -0.4 is 0 Å². The molecular formula is C23H23F2N3O. The van der Waals surface area contributed by atoms with E-state index in [1.54, 1.807) is 19.2 Å². The van der Waals surface area contributed by atoms with Gasteiger partial charge in [0.05, 0.1) is 5.70 Å². The Bertz CT molecular complexity index is 984. The quantitative estimate of drug-likeness (QED) is 0.345. The van der Waals surface area contributed by atoms with Gasteiger partial charge in [0, 0.05) is 18.2 Å². The van der Waals surface area contributed by atoms with Gasteiger partial charge in [-0.2, -0.15) is 0 Å². The summed E-state index contributed by atoms with van der Waals surface area (Å²) in [6.45, 7) is 7.02. The topological polar surface area (TPSA) is 46.3 Å². The van der Waals surface area contributed by atoms with Gasteiger partial charge in [0.25, 0.3) is 0 Å². The van der Waals surface area contributed by atoms with Gasteiger partial charge in [0.1, 0.15) is 24.1 Å². The largest absolute Gasteiger partial charge is 0.471 e. The van der Waals surface area contributed by atoms with Gasteiger partial charge in [-0.1, -0.05) is 18.2 Å². The highest BCUT2D eigenvalue weighted by Gasteiger charge is 2.22. The van der Waals surface area contributed by atoms with Crippen molar-refractivity contribution in [3.63, 3.8) is 0 Å². The molecule has 0 bridgehead atoms. The molecule has 1 atom stereocenters. The van der Waals surface area contributed by atoms with Crippen LogP contribution in [0.2, 0.25) is 0 Å². The summed E-state index contributed by atoms with van der Waals surface area (Å²) in [5, 5.41) is 0. The van der Waals surface area contributed by atoms with Gasteiger partial charge in [-0.15, -0.1) is 0 Å². The predicted molar refractivity (Wildman–Crippen MR) is 114 cm³/mol. The fourth-order valence-corrected chi connectivity index (χ4v) is 3.21. The van der Waals surface area contributed by atoms with Gasteiger partial charge in [0.15, 0.2) is 0 Å². The monoisotopic (exact) mass is 395 g/mol. The van der Waals surface area contributed by atoms with E-state index in [1.165, 1.54) is 24.3 Å². The minimum Gasteiger partial charge on any atom is -0.471 e. The van der Waals surface area contributed by atoms with Gasteiger partial charge in [-0.25, -0.2) is 23.8 Å². The zero-order chi connectivity index (χ0) is 20.8. The normalized spacial score (nSPS) is 22.5. The van der Waals surface area contributed by atoms with E-state index in [0.29, 0.717) is 5.84 Å². The molecule has 1 aromatic carbocycles. The Balaban J connectivity index is 1.72. The van der Waals surface area contributed by atoms with Crippen LogP contribution in [0, 0.1) is 18.7 Å². The molecule has 0 saturated heterocycles. The molecule has 0 amide bonds. The summed E-state index contributed by atoms with van der Waals surface area (Å²) in [4.78, 5) is 12.8. The molecule has 2 heterocycles. The second-order valence-corrected chi connectivity index (χ2v) is 6.79. The minimum atomic E-state index is -0.444. The van der Waals surface area contributed by atoms with E-state index in [0.717, 1.165) is 35.2 Å². The summed E-state index contributed by atoms with van der Waals surface area (Å²) in [6.07, 6.45) is 10.1. The van der Waals surface area contributed by atoms with Crippen molar-refractivity contribution in [1.29, 1.82) is 0 Å². The minimum absolute atomic E-state index is 0.102. The summed E-state index contributed by atoms with van der Waals surface area (Å²) in [5.74, 6) is 0.227. The van der Waals surface area contributed by atoms with Gasteiger partial charge >= 0.3 is 0 Å². The van der Waals surface area contributed by atoms with Crippen LogP contribution in [0.5, 0.6) is 0 Å². The number of aliphatic imine (C=N–C) groups is 3. The van der Waals surface area contributed by atoms with Crippen LogP contribution in [-0.2, 0) is 4.74 Å². The molecule has 0 N–H and O–H groups in total. The first-order chi connectivity index (χ1) is 14.0. The number of benzene rings is 1. The van der Waals surface area contributed by atoms with E-state index in [-0.39, 0.29) is 24.2 Å². The molecule has 0 aromatic heterocycles. The van der Waals surface area contributed by atoms with Crippen molar-refractivity contribution < 1.29 is 13.5 Å². The third-order valence-corrected chi connectivity index (χ3v) is 4.72. The van der Waals surface area contributed by atoms with Gasteiger partial charge in [0.2, 0.25) is 5.88 Å². The standard InChI is InChI=1S/C23H23F2N3O/c1-4-18(24)12-22(26-3)29-14-20-11-16-6-5-7-17(13-27-23(16)28-20)21-9-8-19(25)10-15(21)2/h4,7-13,16H,3,5-6,14H2,1-2H3/b17-7+,18-4+,22-12+,27-13-. The number of nitrogens with zero attached hydrogens (tertiary/aromatic N) is 3. The molecule has 0 spiro atoms. The number of amidine groups is 1. The summed E-state index contributed by atoms with van der Waals surface area (Å²) in [5.41, 5.74) is 3.50. The SMILES string of the molecule is C=N/C(=C\C(F)=C/C)OCC1=CC2CC/C=C(c3ccc(F)cc3C)\C=N/C2=N1. The van der Waals surface area contributed by atoms with Crippen molar-refractivity contribution in [2.75, 3.05) is 6.61 Å². The van der Waals surface area contributed by atoms with Crippen LogP contribution in [0.1, 0.15) is 30.9 Å². The molecule has 1 aromatic rings. The van der Waals surface area contributed by atoms with E-state index in [2.05, 4.69) is 27.8 Å². The first-order valence-corrected chi connectivity index (χ1v) is 9.43. The molecular weight excluding hydrogens is 372 g/mol. The summed E-state index contributed by atoms with van der Waals surface area (Å²) in [6, 6.07) is 4.75. The van der Waals surface area contributed by atoms with Gasteiger partial charge < -0.3 is 4.74 Å². The molecule has 3 rings (SSSR count). The molecule has 0 radical (unpaired) electrons. The van der Waals surface area contributed by atoms with Crippen LogP contribution in [0.3, 0.4) is 0 Å². The summed E-state index contributed by atoms with van der Waals surface area (Å²) < 4.78 is 32.3. The average Bonchev–Trinajstić information content (AvgIpc) is 3.07. The number of fused-ring (bicyclic) bond motifs is 1. The molecule has 2 aliphatic heterocycles. The van der Waals surface area contributed by atoms with Crippen LogP contribution in [-0.4, -0.2) is 25.4 Å². The highest BCUT2D eigenvalue weighted by Crippen LogP contribution is 2.27. The fraction of sp³-hybridized carbons (Fsp3) is 0.261. The maximum Gasteiger partial charge on any atom is 0.215 e. The third-order valence-electron chi connectivity index (χ3n) is 4.72. The van der Waals surface area contributed by atoms with Crippen molar-refractivity contribution >= 4 is 24.3 Å². The Kier molecular flexibility index (Phi) is 6.65. The average molecular weight is 395 g/mol. The van der Waals surface area contributed by atoms with Crippen molar-refractivity contribution in [2.45, 2.75) is 26.7 Å². The number of ether oxygens (including phenoxy) is 1. The molecule has 1 unspecified atom stereocenters. The van der Waals surface area contributed by atoms with E-state index in [1.807, 2.05) is 13.0 Å². The zero-order valence-corrected chi connectivity index (χ0v) is 16.5. The molecule has 150 valence electrons. The van der Waals surface area contributed by atoms with Gasteiger partial charge in [-0.3, -0.25) is 0 Å². The Morgan fingerprint density at radius 3 is 2.97 bits per heavy atom. The van der Waals surface area contributed by atoms with E-state index < -0.39 is 5.83 Å². The summed E-state index contributed by atoms with van der Waals surface area (Å²) in [7, 11) is 0. The molecule has 2 aliphatic rings. The highest BCUT2D eigenvalue weighted by atomic mass is 19.1. The number of aryl methyl sites for hydroxylation is 1. The molecule has 4 nitrogen and oxygen atoms in total. The van der Waals surface area contributed by atoms with Crippen LogP contribution in [0.25, 0.3) is 5.57 Å². The molecule has 0 saturated carbocycles. The lowest BCUT2D eigenvalue weighted by atomic mass is 9.96. The molecule has 29 heavy (non-hydrogen) atoms. The number of hydrogen-bond donors (Lipinski definition) is 0. The smallest absolute Gasteiger partial charge is 0.215 e. The first-order valence-electron chi connectivity index (χ1n) is 9.43. The Hall–Kier alpha value is -3.15. The van der Waals surface area contributed by atoms with Crippen molar-refractivity contribution in [1.82, 2.24) is 0 Å². The number of rotatable bonds is 6. The van der Waals surface area contributed by atoms with Crippen LogP contribution in [0.4, 0.5) is 8.78 Å². The highest BCUT2D eigenvalue weighted by molar-refractivity contribution is 6.14. The predicted octanol–water partition coefficient (Wildman–Crippen LogP) is 5.73. The Labute approximate surface area is 169 Å². The lowest BCUT2D eigenvalue weighted by molar-refractivity contribution is 0.236. The molecule has 6 heteroatoms. The maximum absolute atomic E-state index is 13.4. The fourth-order valence-electron chi connectivity index (χ4n) is 3.21. The second kappa shape index (κ2) is 9.37. The van der Waals surface area contributed by atoms with Crippen LogP contribution >= 0.6 is 0 Å². The lowest BCUT2D eigenvalue weighted by Crippen LogP contribution is -2.09. The van der Waals surface area contributed by atoms with Crippen LogP contribution in [0.15, 0.2) is 74.9 Å². The Morgan fingerprint density at radius 2 is 2.24 bits per heavy atom. The zero-order valence-electron chi connectivity index (χ0n) is 16.5. The molecule has 0 fully saturated rings. The van der Waals surface area contributed by atoms with Crippen molar-refractivity contribution in [3.8, 4) is 0 Å². The van der Waals surface area contributed by atoms with Gasteiger partial charge in [-0.05, 0) is 68.3 Å². The number of halogens is 2. The Morgan fingerprint density at radius 1 is 1.41 bits per heavy atom. The van der Waals surface area contributed by atoms with E-state index in [4.69, 9.17) is 4.74 Å². The number of allylic oxidation sites excluding steroid dienone is 5. The molecule has 0 aliphatic carbocycles. The third kappa shape index (κ3) is 5.22. The van der Waals surface area contributed by atoms with Crippen molar-refractivity contribution in [2.24, 2.45) is 20.9 Å². The first kappa shape index (κ1) is 20.6. The summed E-state index contributed by atoms with van der Waals surface area (Å²) >= 11 is 0. The second-order valence-electron chi connectivity index (χ2n) is 6.79. The maximum atomic E-state index is 13.4. The number of hydrogen-bond acceptors (Lipinski definition) is 4. The van der Waals surface area contributed by atoms with E-state index >= 15 is 0 Å². The lowest BCUT2D eigenvalue weighted by Gasteiger charge is -2.12.